The molecule has 0 N–H and O–H groups in total. The van der Waals surface area contributed by atoms with Gasteiger partial charge in [-0.25, -0.2) is 0 Å². The standard InChI is InChI=1S/C14H33NO2Si/c1-7-9-11-15(12-10-8-2)14(3)13-18(6,16-4)17-5/h14H,7-13H2,1-6H3. The van der Waals surface area contributed by atoms with E-state index in [0.29, 0.717) is 6.04 Å². The first kappa shape index (κ1) is 18.1. The van der Waals surface area contributed by atoms with Crippen LogP contribution in [0.1, 0.15) is 46.5 Å². The molecule has 3 nitrogen and oxygen atoms in total. The molecule has 0 aliphatic heterocycles. The number of unbranched alkanes of at least 4 members (excludes halogenated alkanes) is 2. The Labute approximate surface area is 115 Å². The van der Waals surface area contributed by atoms with Crippen LogP contribution < -0.4 is 0 Å². The first-order valence-electron chi connectivity index (χ1n) is 7.37. The van der Waals surface area contributed by atoms with Crippen LogP contribution in [0.2, 0.25) is 12.6 Å². The van der Waals surface area contributed by atoms with Crippen molar-refractivity contribution in [1.29, 1.82) is 0 Å². The van der Waals surface area contributed by atoms with Crippen LogP contribution in [-0.4, -0.2) is 46.8 Å². The molecule has 110 valence electrons. The average molecular weight is 276 g/mol. The summed E-state index contributed by atoms with van der Waals surface area (Å²) < 4.78 is 11.2. The molecule has 0 heterocycles. The van der Waals surface area contributed by atoms with Gasteiger partial charge in [0.2, 0.25) is 0 Å². The van der Waals surface area contributed by atoms with Crippen LogP contribution in [0.15, 0.2) is 0 Å². The van der Waals surface area contributed by atoms with Crippen molar-refractivity contribution in [2.75, 3.05) is 27.3 Å². The highest BCUT2D eigenvalue weighted by molar-refractivity contribution is 6.66. The molecule has 0 aromatic carbocycles. The molecular weight excluding hydrogens is 242 g/mol. The predicted molar refractivity (Wildman–Crippen MR) is 81.3 cm³/mol. The summed E-state index contributed by atoms with van der Waals surface area (Å²) in [6.45, 7) is 11.4. The highest BCUT2D eigenvalue weighted by Gasteiger charge is 2.32. The van der Waals surface area contributed by atoms with E-state index in [1.165, 1.54) is 38.8 Å². The van der Waals surface area contributed by atoms with Gasteiger partial charge in [0.25, 0.3) is 0 Å². The Bertz CT molecular complexity index is 190. The van der Waals surface area contributed by atoms with Crippen LogP contribution >= 0.6 is 0 Å². The lowest BCUT2D eigenvalue weighted by Gasteiger charge is -2.33. The van der Waals surface area contributed by atoms with Crippen molar-refractivity contribution in [2.45, 2.75) is 65.1 Å². The van der Waals surface area contributed by atoms with Gasteiger partial charge in [-0.2, -0.15) is 0 Å². The lowest BCUT2D eigenvalue weighted by molar-refractivity contribution is 0.188. The van der Waals surface area contributed by atoms with Gasteiger partial charge >= 0.3 is 8.56 Å². The maximum absolute atomic E-state index is 5.61. The zero-order chi connectivity index (χ0) is 14.0. The van der Waals surface area contributed by atoms with E-state index >= 15 is 0 Å². The largest absolute Gasteiger partial charge is 0.398 e. The maximum Gasteiger partial charge on any atom is 0.335 e. The normalized spacial score (nSPS) is 14.2. The number of rotatable bonds is 11. The molecule has 0 spiro atoms. The Morgan fingerprint density at radius 3 is 1.78 bits per heavy atom. The van der Waals surface area contributed by atoms with Crippen molar-refractivity contribution in [1.82, 2.24) is 4.90 Å². The predicted octanol–water partition coefficient (Wildman–Crippen LogP) is 3.64. The number of hydrogen-bond donors (Lipinski definition) is 0. The van der Waals surface area contributed by atoms with Crippen LogP contribution in [0.4, 0.5) is 0 Å². The lowest BCUT2D eigenvalue weighted by atomic mass is 10.2. The summed E-state index contributed by atoms with van der Waals surface area (Å²) in [6, 6.07) is 1.60. The van der Waals surface area contributed by atoms with Crippen molar-refractivity contribution in [3.63, 3.8) is 0 Å². The Morgan fingerprint density at radius 1 is 1.00 bits per heavy atom. The van der Waals surface area contributed by atoms with E-state index in [2.05, 4.69) is 32.2 Å². The smallest absolute Gasteiger partial charge is 0.335 e. The van der Waals surface area contributed by atoms with E-state index in [9.17, 15) is 0 Å². The van der Waals surface area contributed by atoms with E-state index in [1.807, 2.05) is 0 Å². The Morgan fingerprint density at radius 2 is 1.44 bits per heavy atom. The van der Waals surface area contributed by atoms with E-state index in [-0.39, 0.29) is 0 Å². The second kappa shape index (κ2) is 9.95. The van der Waals surface area contributed by atoms with Crippen LogP contribution in [0, 0.1) is 0 Å². The molecule has 1 atom stereocenters. The van der Waals surface area contributed by atoms with Crippen LogP contribution in [0.25, 0.3) is 0 Å². The fraction of sp³-hybridized carbons (Fsp3) is 1.00. The summed E-state index contributed by atoms with van der Waals surface area (Å²) in [7, 11) is 1.62. The second-order valence-electron chi connectivity index (χ2n) is 5.34. The average Bonchev–Trinajstić information content (AvgIpc) is 2.38. The van der Waals surface area contributed by atoms with Crippen molar-refractivity contribution in [3.05, 3.63) is 0 Å². The van der Waals surface area contributed by atoms with E-state index in [0.717, 1.165) is 6.04 Å². The molecule has 1 unspecified atom stereocenters. The zero-order valence-corrected chi connectivity index (χ0v) is 14.3. The lowest BCUT2D eigenvalue weighted by Crippen LogP contribution is -2.45. The Hall–Kier alpha value is 0.0969. The molecule has 0 saturated heterocycles. The quantitative estimate of drug-likeness (QED) is 0.537. The van der Waals surface area contributed by atoms with Crippen molar-refractivity contribution in [2.24, 2.45) is 0 Å². The van der Waals surface area contributed by atoms with Gasteiger partial charge in [0.05, 0.1) is 0 Å². The van der Waals surface area contributed by atoms with Gasteiger partial charge in [0, 0.05) is 26.3 Å². The fourth-order valence-electron chi connectivity index (χ4n) is 2.19. The van der Waals surface area contributed by atoms with E-state index in [4.69, 9.17) is 8.85 Å². The molecule has 0 fully saturated rings. The van der Waals surface area contributed by atoms with E-state index < -0.39 is 8.56 Å². The van der Waals surface area contributed by atoms with Gasteiger partial charge in [-0.05, 0) is 39.4 Å². The minimum atomic E-state index is -1.94. The molecule has 0 aliphatic carbocycles. The Balaban J connectivity index is 4.37. The number of hydrogen-bond acceptors (Lipinski definition) is 3. The summed E-state index contributed by atoms with van der Waals surface area (Å²) in [5.74, 6) is 0. The number of nitrogens with zero attached hydrogens (tertiary/aromatic N) is 1. The summed E-state index contributed by atoms with van der Waals surface area (Å²) in [5, 5.41) is 0. The van der Waals surface area contributed by atoms with Gasteiger partial charge < -0.3 is 13.8 Å². The monoisotopic (exact) mass is 275 g/mol. The first-order chi connectivity index (χ1) is 8.52. The third-order valence-corrected chi connectivity index (χ3v) is 6.81. The molecule has 0 aliphatic rings. The summed E-state index contributed by atoms with van der Waals surface area (Å²) >= 11 is 0. The fourth-order valence-corrected chi connectivity index (χ4v) is 4.02. The molecular formula is C14H33NO2Si. The highest BCUT2D eigenvalue weighted by Crippen LogP contribution is 2.18. The summed E-state index contributed by atoms with van der Waals surface area (Å²) in [5.41, 5.74) is 0. The van der Waals surface area contributed by atoms with Crippen molar-refractivity contribution >= 4 is 8.56 Å². The van der Waals surface area contributed by atoms with Gasteiger partial charge in [-0.1, -0.05) is 26.7 Å². The van der Waals surface area contributed by atoms with Gasteiger partial charge in [0.1, 0.15) is 0 Å². The molecule has 4 heteroatoms. The molecule has 0 aromatic heterocycles. The van der Waals surface area contributed by atoms with Crippen LogP contribution in [0.5, 0.6) is 0 Å². The highest BCUT2D eigenvalue weighted by atomic mass is 28.4. The third kappa shape index (κ3) is 6.88. The van der Waals surface area contributed by atoms with Gasteiger partial charge in [0.15, 0.2) is 0 Å². The molecule has 0 saturated carbocycles. The molecule has 18 heavy (non-hydrogen) atoms. The SMILES string of the molecule is CCCCN(CCCC)C(C)C[Si](C)(OC)OC. The van der Waals surface area contributed by atoms with Crippen LogP contribution in [0.3, 0.4) is 0 Å². The molecule has 0 rings (SSSR count). The summed E-state index contributed by atoms with van der Waals surface area (Å²) in [6.07, 6.45) is 5.09. The molecule has 0 bridgehead atoms. The third-order valence-electron chi connectivity index (χ3n) is 3.75. The zero-order valence-electron chi connectivity index (χ0n) is 13.3. The Kier molecular flexibility index (Phi) is 10.0. The minimum absolute atomic E-state index is 0.555. The van der Waals surface area contributed by atoms with Crippen LogP contribution in [-0.2, 0) is 8.85 Å². The van der Waals surface area contributed by atoms with Crippen molar-refractivity contribution < 1.29 is 8.85 Å². The molecule has 0 aromatic rings. The minimum Gasteiger partial charge on any atom is -0.398 e. The maximum atomic E-state index is 5.61. The van der Waals surface area contributed by atoms with E-state index in [1.54, 1.807) is 14.2 Å². The van der Waals surface area contributed by atoms with Gasteiger partial charge in [-0.3, -0.25) is 0 Å². The second-order valence-corrected chi connectivity index (χ2v) is 8.83. The topological polar surface area (TPSA) is 21.7 Å². The molecule has 0 amide bonds. The first-order valence-corrected chi connectivity index (χ1v) is 9.89. The van der Waals surface area contributed by atoms with Gasteiger partial charge in [-0.15, -0.1) is 0 Å². The van der Waals surface area contributed by atoms with Crippen molar-refractivity contribution in [3.8, 4) is 0 Å². The molecule has 0 radical (unpaired) electrons. The summed E-state index contributed by atoms with van der Waals surface area (Å²) in [4.78, 5) is 2.61.